The van der Waals surface area contributed by atoms with Crippen molar-refractivity contribution in [2.75, 3.05) is 0 Å². The van der Waals surface area contributed by atoms with Crippen molar-refractivity contribution < 1.29 is 0 Å². The van der Waals surface area contributed by atoms with Gasteiger partial charge in [-0.05, 0) is 41.6 Å². The number of rotatable bonds is 1. The zero-order valence-electron chi connectivity index (χ0n) is 15.2. The van der Waals surface area contributed by atoms with Crippen molar-refractivity contribution in [2.24, 2.45) is 40.2 Å². The van der Waals surface area contributed by atoms with Crippen molar-refractivity contribution in [1.82, 2.24) is 0 Å². The van der Waals surface area contributed by atoms with E-state index in [2.05, 4.69) is 45.1 Å². The summed E-state index contributed by atoms with van der Waals surface area (Å²) in [6.07, 6.45) is 3.93. The number of nitriles is 3. The van der Waals surface area contributed by atoms with Gasteiger partial charge in [0.05, 0.1) is 23.4 Å². The van der Waals surface area contributed by atoms with Gasteiger partial charge in [-0.2, -0.15) is 15.8 Å². The third kappa shape index (κ3) is 2.50. The third-order valence-corrected chi connectivity index (χ3v) is 5.88. The van der Waals surface area contributed by atoms with Crippen LogP contribution in [0.4, 0.5) is 0 Å². The molecule has 24 heavy (non-hydrogen) atoms. The van der Waals surface area contributed by atoms with Crippen LogP contribution in [0.3, 0.4) is 0 Å². The lowest BCUT2D eigenvalue weighted by Gasteiger charge is -2.48. The van der Waals surface area contributed by atoms with Crippen LogP contribution in [0.5, 0.6) is 0 Å². The Labute approximate surface area is 145 Å². The van der Waals surface area contributed by atoms with E-state index in [1.807, 2.05) is 13.8 Å². The summed E-state index contributed by atoms with van der Waals surface area (Å²) >= 11 is 0. The van der Waals surface area contributed by atoms with E-state index in [4.69, 9.17) is 5.73 Å². The largest absolute Gasteiger partial charge is 0.399 e. The molecule has 4 heteroatoms. The van der Waals surface area contributed by atoms with Crippen molar-refractivity contribution >= 4 is 0 Å². The van der Waals surface area contributed by atoms with Crippen LogP contribution in [0.25, 0.3) is 0 Å². The first-order valence-electron chi connectivity index (χ1n) is 8.57. The second-order valence-corrected chi connectivity index (χ2v) is 8.50. The quantitative estimate of drug-likeness (QED) is 0.787. The number of nitrogens with two attached hydrogens (primary N) is 1. The van der Waals surface area contributed by atoms with Crippen molar-refractivity contribution in [2.45, 2.75) is 47.5 Å². The summed E-state index contributed by atoms with van der Waals surface area (Å²) < 4.78 is 0. The zero-order chi connectivity index (χ0) is 18.3. The summed E-state index contributed by atoms with van der Waals surface area (Å²) in [7, 11) is 0. The number of hydrogen-bond acceptors (Lipinski definition) is 4. The molecule has 4 nitrogen and oxygen atoms in total. The molecule has 0 spiro atoms. The fourth-order valence-electron chi connectivity index (χ4n) is 4.50. The monoisotopic (exact) mass is 322 g/mol. The number of hydrogen-bond donors (Lipinski definition) is 1. The van der Waals surface area contributed by atoms with Crippen LogP contribution in [0.15, 0.2) is 22.9 Å². The maximum atomic E-state index is 9.85. The molecule has 2 rings (SSSR count). The second-order valence-electron chi connectivity index (χ2n) is 8.50. The minimum atomic E-state index is -1.42. The van der Waals surface area contributed by atoms with E-state index in [-0.39, 0.29) is 28.9 Å². The van der Waals surface area contributed by atoms with Gasteiger partial charge in [0.1, 0.15) is 6.07 Å². The zero-order valence-corrected chi connectivity index (χ0v) is 15.2. The topological polar surface area (TPSA) is 97.4 Å². The van der Waals surface area contributed by atoms with Crippen LogP contribution in [-0.2, 0) is 0 Å². The highest BCUT2D eigenvalue weighted by Gasteiger charge is 2.55. The number of fused-ring (bicyclic) bond motifs is 1. The Morgan fingerprint density at radius 3 is 2.21 bits per heavy atom. The van der Waals surface area contributed by atoms with E-state index in [1.165, 1.54) is 0 Å². The molecule has 2 aliphatic rings. The average molecular weight is 322 g/mol. The highest BCUT2D eigenvalue weighted by molar-refractivity contribution is 5.56. The highest BCUT2D eigenvalue weighted by Crippen LogP contribution is 2.56. The van der Waals surface area contributed by atoms with Crippen LogP contribution >= 0.6 is 0 Å². The molecule has 0 heterocycles. The predicted molar refractivity (Wildman–Crippen MR) is 92.6 cm³/mol. The molecule has 0 aromatic carbocycles. The van der Waals surface area contributed by atoms with E-state index >= 15 is 0 Å². The minimum Gasteiger partial charge on any atom is -0.399 e. The second kappa shape index (κ2) is 5.99. The van der Waals surface area contributed by atoms with Gasteiger partial charge in [0, 0.05) is 5.92 Å². The lowest BCUT2D eigenvalue weighted by atomic mass is 9.53. The Morgan fingerprint density at radius 2 is 1.79 bits per heavy atom. The normalized spacial score (nSPS) is 29.1. The highest BCUT2D eigenvalue weighted by atomic mass is 14.7. The first-order chi connectivity index (χ1) is 11.1. The Morgan fingerprint density at radius 1 is 1.21 bits per heavy atom. The lowest BCUT2D eigenvalue weighted by molar-refractivity contribution is 0.115. The maximum absolute atomic E-state index is 9.85. The fourth-order valence-corrected chi connectivity index (χ4v) is 4.50. The summed E-state index contributed by atoms with van der Waals surface area (Å²) in [4.78, 5) is 0. The van der Waals surface area contributed by atoms with E-state index in [9.17, 15) is 15.8 Å². The van der Waals surface area contributed by atoms with Crippen LogP contribution in [0, 0.1) is 68.5 Å². The molecule has 0 fully saturated rings. The molecule has 0 saturated heterocycles. The molecule has 3 atom stereocenters. The van der Waals surface area contributed by atoms with Crippen molar-refractivity contribution in [1.29, 1.82) is 15.8 Å². The molecule has 0 radical (unpaired) electrons. The first kappa shape index (κ1) is 18.1. The van der Waals surface area contributed by atoms with Gasteiger partial charge in [-0.1, -0.05) is 40.7 Å². The fraction of sp³-hybridized carbons (Fsp3) is 0.650. The van der Waals surface area contributed by atoms with Gasteiger partial charge in [-0.15, -0.1) is 0 Å². The summed E-state index contributed by atoms with van der Waals surface area (Å²) in [6, 6.07) is 6.53. The number of nitrogens with zero attached hydrogens (tertiary/aromatic N) is 3. The summed E-state index contributed by atoms with van der Waals surface area (Å²) in [6.45, 7) is 10.7. The first-order valence-corrected chi connectivity index (χ1v) is 8.57. The summed E-state index contributed by atoms with van der Waals surface area (Å²) in [5.41, 5.74) is 6.40. The van der Waals surface area contributed by atoms with Crippen LogP contribution in [-0.4, -0.2) is 0 Å². The Balaban J connectivity index is 2.72. The van der Waals surface area contributed by atoms with Crippen molar-refractivity contribution in [3.63, 3.8) is 0 Å². The van der Waals surface area contributed by atoms with Gasteiger partial charge < -0.3 is 5.73 Å². The van der Waals surface area contributed by atoms with E-state index in [1.54, 1.807) is 0 Å². The van der Waals surface area contributed by atoms with Crippen molar-refractivity contribution in [3.8, 4) is 18.2 Å². The number of allylic oxidation sites excluding steroid dienone is 4. The molecular formula is C20H26N4. The summed E-state index contributed by atoms with van der Waals surface area (Å²) in [5.74, 6) is 0.419. The minimum absolute atomic E-state index is 0.0317. The molecule has 2 aliphatic carbocycles. The van der Waals surface area contributed by atoms with Crippen LogP contribution in [0.2, 0.25) is 0 Å². The smallest absolute Gasteiger partial charge is 0.187 e. The molecule has 3 unspecified atom stereocenters. The molecule has 0 amide bonds. The van der Waals surface area contributed by atoms with Gasteiger partial charge in [0.15, 0.2) is 5.41 Å². The van der Waals surface area contributed by atoms with Gasteiger partial charge in [-0.3, -0.25) is 0 Å². The average Bonchev–Trinajstić information content (AvgIpc) is 2.52. The van der Waals surface area contributed by atoms with Gasteiger partial charge >= 0.3 is 0 Å². The predicted octanol–water partition coefficient (Wildman–Crippen LogP) is 4.04. The van der Waals surface area contributed by atoms with Gasteiger partial charge in [-0.25, -0.2) is 0 Å². The maximum Gasteiger partial charge on any atom is 0.187 e. The standard InChI is InChI=1S/C20H26N4/c1-12(2)17-15-8-13(19(3,4)5)6-7-14(15)16(9-21)18(24)20(17,10-22)11-23/h7,12-13,15,17H,6,8,24H2,1-5H3. The Kier molecular flexibility index (Phi) is 4.52. The Bertz CT molecular complexity index is 699. The third-order valence-electron chi connectivity index (χ3n) is 5.88. The van der Waals surface area contributed by atoms with E-state index in [0.717, 1.165) is 18.4 Å². The molecule has 2 N–H and O–H groups in total. The molecule has 126 valence electrons. The summed E-state index contributed by atoms with van der Waals surface area (Å²) in [5, 5.41) is 29.3. The SMILES string of the molecule is CC(C)C1C2CC(C(C)(C)C)CC=C2C(C#N)=C(N)C1(C#N)C#N. The van der Waals surface area contributed by atoms with E-state index in [0.29, 0.717) is 11.5 Å². The molecule has 0 saturated carbocycles. The van der Waals surface area contributed by atoms with E-state index < -0.39 is 5.41 Å². The lowest BCUT2D eigenvalue weighted by Crippen LogP contribution is -2.47. The van der Waals surface area contributed by atoms with Crippen LogP contribution in [0.1, 0.15) is 47.5 Å². The van der Waals surface area contributed by atoms with Crippen LogP contribution < -0.4 is 5.73 Å². The van der Waals surface area contributed by atoms with Gasteiger partial charge in [0.25, 0.3) is 0 Å². The molecule has 0 bridgehead atoms. The molecule has 0 aliphatic heterocycles. The molecule has 0 aromatic heterocycles. The Hall–Kier alpha value is -2.25. The molecular weight excluding hydrogens is 296 g/mol. The van der Waals surface area contributed by atoms with Crippen molar-refractivity contribution in [3.05, 3.63) is 22.9 Å². The molecule has 0 aromatic rings. The van der Waals surface area contributed by atoms with Gasteiger partial charge in [0.2, 0.25) is 0 Å².